The van der Waals surface area contributed by atoms with Gasteiger partial charge < -0.3 is 14.8 Å². The Balaban J connectivity index is 2.33. The minimum absolute atomic E-state index is 0.274. The second-order valence-electron chi connectivity index (χ2n) is 4.14. The fraction of sp³-hybridized carbons (Fsp3) is 0.133. The van der Waals surface area contributed by atoms with Crippen LogP contribution in [0.1, 0.15) is 10.4 Å². The average molecular weight is 415 g/mol. The van der Waals surface area contributed by atoms with Crippen molar-refractivity contribution in [2.45, 2.75) is 0 Å². The van der Waals surface area contributed by atoms with Crippen molar-refractivity contribution in [3.05, 3.63) is 50.9 Å². The molecule has 0 fully saturated rings. The molecule has 1 N–H and O–H groups in total. The van der Waals surface area contributed by atoms with E-state index in [1.165, 1.54) is 7.11 Å². The Bertz CT molecular complexity index is 674. The maximum absolute atomic E-state index is 12.4. The van der Waals surface area contributed by atoms with E-state index < -0.39 is 0 Å². The van der Waals surface area contributed by atoms with Crippen LogP contribution in [0.5, 0.6) is 11.5 Å². The number of benzene rings is 2. The van der Waals surface area contributed by atoms with Crippen LogP contribution in [0, 0.1) is 0 Å². The van der Waals surface area contributed by atoms with Crippen molar-refractivity contribution in [3.8, 4) is 11.5 Å². The van der Waals surface area contributed by atoms with Crippen LogP contribution in [-0.4, -0.2) is 20.1 Å². The van der Waals surface area contributed by atoms with Gasteiger partial charge in [-0.25, -0.2) is 0 Å². The Kier molecular flexibility index (Phi) is 5.25. The van der Waals surface area contributed by atoms with Crippen molar-refractivity contribution in [1.29, 1.82) is 0 Å². The molecule has 0 bridgehead atoms. The van der Waals surface area contributed by atoms with Crippen molar-refractivity contribution in [3.63, 3.8) is 0 Å². The molecule has 21 heavy (non-hydrogen) atoms. The number of hydrogen-bond acceptors (Lipinski definition) is 3. The zero-order valence-electron chi connectivity index (χ0n) is 11.4. The molecule has 2 aromatic rings. The standard InChI is InChI=1S/C15H13Br2NO3/c1-20-10-4-6-14(21-2)11(8-10)15(19)18-13-7-9(16)3-5-12(13)17/h3-8H,1-2H3,(H,18,19). The number of hydrogen-bond donors (Lipinski definition) is 1. The molecule has 0 atom stereocenters. The predicted molar refractivity (Wildman–Crippen MR) is 89.3 cm³/mol. The molecule has 2 rings (SSSR count). The summed E-state index contributed by atoms with van der Waals surface area (Å²) in [5.41, 5.74) is 1.07. The molecule has 0 aliphatic rings. The van der Waals surface area contributed by atoms with Gasteiger partial charge in [0, 0.05) is 8.95 Å². The van der Waals surface area contributed by atoms with Gasteiger partial charge in [-0.2, -0.15) is 0 Å². The first-order valence-corrected chi connectivity index (χ1v) is 7.62. The molecule has 0 aromatic heterocycles. The molecule has 0 saturated heterocycles. The van der Waals surface area contributed by atoms with Crippen molar-refractivity contribution in [2.75, 3.05) is 19.5 Å². The van der Waals surface area contributed by atoms with E-state index in [4.69, 9.17) is 9.47 Å². The van der Waals surface area contributed by atoms with Gasteiger partial charge in [0.2, 0.25) is 0 Å². The highest BCUT2D eigenvalue weighted by atomic mass is 79.9. The van der Waals surface area contributed by atoms with E-state index in [0.29, 0.717) is 22.7 Å². The predicted octanol–water partition coefficient (Wildman–Crippen LogP) is 4.48. The van der Waals surface area contributed by atoms with Crippen LogP contribution in [0.15, 0.2) is 45.3 Å². The van der Waals surface area contributed by atoms with Gasteiger partial charge in [0.25, 0.3) is 5.91 Å². The van der Waals surface area contributed by atoms with Crippen LogP contribution in [0.2, 0.25) is 0 Å². The lowest BCUT2D eigenvalue weighted by atomic mass is 10.1. The first kappa shape index (κ1) is 15.9. The van der Waals surface area contributed by atoms with Crippen molar-refractivity contribution < 1.29 is 14.3 Å². The van der Waals surface area contributed by atoms with E-state index in [0.717, 1.165) is 8.95 Å². The molecule has 0 aliphatic heterocycles. The number of nitrogens with one attached hydrogen (secondary N) is 1. The Labute approximate surface area is 139 Å². The van der Waals surface area contributed by atoms with E-state index in [-0.39, 0.29) is 5.91 Å². The third-order valence-electron chi connectivity index (χ3n) is 2.83. The van der Waals surface area contributed by atoms with Gasteiger partial charge in [0.1, 0.15) is 11.5 Å². The summed E-state index contributed by atoms with van der Waals surface area (Å²) in [6.07, 6.45) is 0. The van der Waals surface area contributed by atoms with Crippen LogP contribution in [-0.2, 0) is 0 Å². The quantitative estimate of drug-likeness (QED) is 0.802. The number of halogens is 2. The fourth-order valence-corrected chi connectivity index (χ4v) is 2.48. The molecule has 0 aliphatic carbocycles. The zero-order chi connectivity index (χ0) is 15.4. The fourth-order valence-electron chi connectivity index (χ4n) is 1.77. The first-order chi connectivity index (χ1) is 10.0. The average Bonchev–Trinajstić information content (AvgIpc) is 2.50. The second kappa shape index (κ2) is 6.95. The van der Waals surface area contributed by atoms with Gasteiger partial charge in [-0.1, -0.05) is 15.9 Å². The van der Waals surface area contributed by atoms with Crippen LogP contribution >= 0.6 is 31.9 Å². The molecule has 0 heterocycles. The molecule has 0 saturated carbocycles. The SMILES string of the molecule is COc1ccc(OC)c(C(=O)Nc2cc(Br)ccc2Br)c1. The lowest BCUT2D eigenvalue weighted by Gasteiger charge is -2.12. The van der Waals surface area contributed by atoms with E-state index in [1.54, 1.807) is 25.3 Å². The van der Waals surface area contributed by atoms with Gasteiger partial charge in [0.15, 0.2) is 0 Å². The van der Waals surface area contributed by atoms with Gasteiger partial charge in [-0.3, -0.25) is 4.79 Å². The maximum atomic E-state index is 12.4. The van der Waals surface area contributed by atoms with Crippen LogP contribution in [0.4, 0.5) is 5.69 Å². The third-order valence-corrected chi connectivity index (χ3v) is 4.01. The highest BCUT2D eigenvalue weighted by Crippen LogP contribution is 2.29. The summed E-state index contributed by atoms with van der Waals surface area (Å²) in [6.45, 7) is 0. The van der Waals surface area contributed by atoms with Crippen molar-refractivity contribution in [1.82, 2.24) is 0 Å². The minimum atomic E-state index is -0.274. The Hall–Kier alpha value is -1.53. The smallest absolute Gasteiger partial charge is 0.259 e. The van der Waals surface area contributed by atoms with Gasteiger partial charge >= 0.3 is 0 Å². The Morgan fingerprint density at radius 2 is 1.81 bits per heavy atom. The highest BCUT2D eigenvalue weighted by molar-refractivity contribution is 9.11. The summed E-state index contributed by atoms with van der Waals surface area (Å²) < 4.78 is 12.0. The number of methoxy groups -OCH3 is 2. The molecule has 6 heteroatoms. The van der Waals surface area contributed by atoms with Crippen LogP contribution < -0.4 is 14.8 Å². The maximum Gasteiger partial charge on any atom is 0.259 e. The lowest BCUT2D eigenvalue weighted by Crippen LogP contribution is -2.13. The van der Waals surface area contributed by atoms with E-state index in [1.807, 2.05) is 18.2 Å². The molecule has 4 nitrogen and oxygen atoms in total. The molecule has 0 radical (unpaired) electrons. The number of ether oxygens (including phenoxy) is 2. The van der Waals surface area contributed by atoms with Crippen molar-refractivity contribution >= 4 is 43.5 Å². The molecule has 2 aromatic carbocycles. The number of carbonyl (C=O) groups excluding carboxylic acids is 1. The van der Waals surface area contributed by atoms with Gasteiger partial charge in [-0.05, 0) is 52.3 Å². The summed E-state index contributed by atoms with van der Waals surface area (Å²) in [5.74, 6) is 0.804. The molecule has 110 valence electrons. The normalized spacial score (nSPS) is 10.1. The Morgan fingerprint density at radius 3 is 2.48 bits per heavy atom. The third kappa shape index (κ3) is 3.77. The number of amides is 1. The molecule has 1 amide bonds. The Morgan fingerprint density at radius 1 is 1.05 bits per heavy atom. The van der Waals surface area contributed by atoms with Crippen LogP contribution in [0.25, 0.3) is 0 Å². The minimum Gasteiger partial charge on any atom is -0.497 e. The molecular formula is C15H13Br2NO3. The summed E-state index contributed by atoms with van der Waals surface area (Å²) in [5, 5.41) is 2.84. The second-order valence-corrected chi connectivity index (χ2v) is 5.91. The van der Waals surface area contributed by atoms with E-state index >= 15 is 0 Å². The zero-order valence-corrected chi connectivity index (χ0v) is 14.6. The first-order valence-electron chi connectivity index (χ1n) is 6.03. The summed E-state index contributed by atoms with van der Waals surface area (Å²) in [7, 11) is 3.07. The number of rotatable bonds is 4. The van der Waals surface area contributed by atoms with E-state index in [2.05, 4.69) is 37.2 Å². The van der Waals surface area contributed by atoms with Crippen molar-refractivity contribution in [2.24, 2.45) is 0 Å². The molecular weight excluding hydrogens is 402 g/mol. The van der Waals surface area contributed by atoms with Gasteiger partial charge in [0.05, 0.1) is 25.5 Å². The highest BCUT2D eigenvalue weighted by Gasteiger charge is 2.15. The monoisotopic (exact) mass is 413 g/mol. The largest absolute Gasteiger partial charge is 0.497 e. The summed E-state index contributed by atoms with van der Waals surface area (Å²) >= 11 is 6.78. The summed E-state index contributed by atoms with van der Waals surface area (Å²) in [6, 6.07) is 10.6. The summed E-state index contributed by atoms with van der Waals surface area (Å²) in [4.78, 5) is 12.4. The van der Waals surface area contributed by atoms with E-state index in [9.17, 15) is 4.79 Å². The lowest BCUT2D eigenvalue weighted by molar-refractivity contribution is 0.102. The molecule has 0 unspecified atom stereocenters. The molecule has 0 spiro atoms. The van der Waals surface area contributed by atoms with Gasteiger partial charge in [-0.15, -0.1) is 0 Å². The number of anilines is 1. The van der Waals surface area contributed by atoms with Crippen LogP contribution in [0.3, 0.4) is 0 Å². The topological polar surface area (TPSA) is 47.6 Å². The number of carbonyl (C=O) groups is 1.